The number of nitrogens with zero attached hydrogens (tertiary/aromatic N) is 3. The van der Waals surface area contributed by atoms with Crippen LogP contribution in [-0.4, -0.2) is 39.3 Å². The second-order valence-electron chi connectivity index (χ2n) is 4.88. The fraction of sp³-hybridized carbons (Fsp3) is 0.417. The average Bonchev–Trinajstić information content (AvgIpc) is 2.88. The Bertz CT molecular complexity index is 648. The number of nitrogens with two attached hydrogens (primary N) is 2. The fourth-order valence-corrected chi connectivity index (χ4v) is 2.18. The van der Waals surface area contributed by atoms with E-state index < -0.39 is 11.9 Å². The third-order valence-corrected chi connectivity index (χ3v) is 3.44. The Morgan fingerprint density at radius 3 is 2.73 bits per heavy atom. The van der Waals surface area contributed by atoms with Crippen LogP contribution in [0.15, 0.2) is 4.99 Å². The number of aliphatic imine (C=N–C) groups is 1. The van der Waals surface area contributed by atoms with Gasteiger partial charge in [0.25, 0.3) is 5.91 Å². The van der Waals surface area contributed by atoms with Crippen LogP contribution < -0.4 is 16.8 Å². The summed E-state index contributed by atoms with van der Waals surface area (Å²) in [6.07, 6.45) is 1.08. The monoisotopic (exact) mass is 326 g/mol. The van der Waals surface area contributed by atoms with E-state index in [1.807, 2.05) is 0 Å². The summed E-state index contributed by atoms with van der Waals surface area (Å²) in [4.78, 5) is 34.3. The van der Waals surface area contributed by atoms with Crippen LogP contribution in [0.25, 0.3) is 0 Å². The molecule has 0 radical (unpaired) electrons. The van der Waals surface area contributed by atoms with Gasteiger partial charge in [-0.05, 0) is 12.3 Å². The van der Waals surface area contributed by atoms with Crippen molar-refractivity contribution < 1.29 is 14.7 Å². The van der Waals surface area contributed by atoms with Gasteiger partial charge >= 0.3 is 5.97 Å². The molecule has 118 valence electrons. The lowest BCUT2D eigenvalue weighted by atomic mass is 10.0. The van der Waals surface area contributed by atoms with E-state index in [0.29, 0.717) is 25.2 Å². The van der Waals surface area contributed by atoms with Gasteiger partial charge in [0.15, 0.2) is 22.5 Å². The Morgan fingerprint density at radius 2 is 2.05 bits per heavy atom. The number of nitrogen functional groups attached to an aromatic ring is 2. The van der Waals surface area contributed by atoms with Crippen molar-refractivity contribution in [3.63, 3.8) is 0 Å². The molecular weight excluding hydrogens is 312 g/mol. The summed E-state index contributed by atoms with van der Waals surface area (Å²) in [5, 5.41) is 11.1. The van der Waals surface area contributed by atoms with E-state index in [1.165, 1.54) is 0 Å². The van der Waals surface area contributed by atoms with Crippen molar-refractivity contribution >= 4 is 40.9 Å². The standard InChI is InChI=1S/C12H15ClN6O3/c13-9-11(15)19-10(14)8(18-9)12(22)17-6-3-5(4-16-6)1-2-7(20)21/h5H,1-4H2,(H,20,21)(H4,14,15,19)(H,16,17,22). The molecular formula is C12H15ClN6O3. The van der Waals surface area contributed by atoms with Crippen LogP contribution in [-0.2, 0) is 4.79 Å². The summed E-state index contributed by atoms with van der Waals surface area (Å²) in [6, 6.07) is 0. The van der Waals surface area contributed by atoms with Gasteiger partial charge in [0.2, 0.25) is 0 Å². The highest BCUT2D eigenvalue weighted by Gasteiger charge is 2.23. The van der Waals surface area contributed by atoms with Gasteiger partial charge in [-0.2, -0.15) is 0 Å². The van der Waals surface area contributed by atoms with Crippen LogP contribution in [0.3, 0.4) is 0 Å². The highest BCUT2D eigenvalue weighted by Crippen LogP contribution is 2.20. The van der Waals surface area contributed by atoms with Crippen LogP contribution in [0.4, 0.5) is 11.6 Å². The number of amidine groups is 1. The molecule has 0 spiro atoms. The summed E-state index contributed by atoms with van der Waals surface area (Å²) in [5.74, 6) is -1.04. The van der Waals surface area contributed by atoms with E-state index in [0.717, 1.165) is 0 Å². The zero-order valence-corrected chi connectivity index (χ0v) is 12.3. The second kappa shape index (κ2) is 6.56. The molecule has 0 aliphatic carbocycles. The number of anilines is 2. The molecule has 2 rings (SSSR count). The molecule has 0 aromatic carbocycles. The topological polar surface area (TPSA) is 157 Å². The second-order valence-corrected chi connectivity index (χ2v) is 5.24. The van der Waals surface area contributed by atoms with Crippen LogP contribution in [0.1, 0.15) is 29.8 Å². The third-order valence-electron chi connectivity index (χ3n) is 3.17. The maximum Gasteiger partial charge on any atom is 0.303 e. The molecule has 10 heteroatoms. The Morgan fingerprint density at radius 1 is 1.32 bits per heavy atom. The van der Waals surface area contributed by atoms with Gasteiger partial charge in [-0.1, -0.05) is 11.6 Å². The summed E-state index contributed by atoms with van der Waals surface area (Å²) in [6.45, 7) is 0.479. The smallest absolute Gasteiger partial charge is 0.303 e. The van der Waals surface area contributed by atoms with Crippen molar-refractivity contribution in [2.45, 2.75) is 19.3 Å². The lowest BCUT2D eigenvalue weighted by Crippen LogP contribution is -2.31. The lowest BCUT2D eigenvalue weighted by Gasteiger charge is -2.09. The number of carbonyl (C=O) groups excluding carboxylic acids is 1. The van der Waals surface area contributed by atoms with Gasteiger partial charge < -0.3 is 21.9 Å². The van der Waals surface area contributed by atoms with Crippen molar-refractivity contribution in [2.24, 2.45) is 10.9 Å². The number of aliphatic carboxylic acids is 1. The lowest BCUT2D eigenvalue weighted by molar-refractivity contribution is -0.137. The normalized spacial score (nSPS) is 17.1. The van der Waals surface area contributed by atoms with Crippen LogP contribution in [0, 0.1) is 5.92 Å². The molecule has 0 saturated heterocycles. The number of halogens is 1. The molecule has 1 aromatic rings. The molecule has 1 amide bonds. The predicted octanol–water partition coefficient (Wildman–Crippen LogP) is 0.307. The molecule has 0 saturated carbocycles. The van der Waals surface area contributed by atoms with Gasteiger partial charge in [-0.3, -0.25) is 14.6 Å². The summed E-state index contributed by atoms with van der Waals surface area (Å²) < 4.78 is 0. The first-order valence-electron chi connectivity index (χ1n) is 6.51. The van der Waals surface area contributed by atoms with Crippen molar-refractivity contribution in [2.75, 3.05) is 18.0 Å². The number of hydrogen-bond donors (Lipinski definition) is 4. The number of hydrogen-bond acceptors (Lipinski definition) is 7. The van der Waals surface area contributed by atoms with E-state index in [-0.39, 0.29) is 34.8 Å². The minimum atomic E-state index is -0.850. The summed E-state index contributed by atoms with van der Waals surface area (Å²) in [5.41, 5.74) is 10.9. The Balaban J connectivity index is 1.96. The molecule has 1 unspecified atom stereocenters. The number of nitrogens with one attached hydrogen (secondary N) is 1. The van der Waals surface area contributed by atoms with Gasteiger partial charge in [0, 0.05) is 19.4 Å². The van der Waals surface area contributed by atoms with Crippen LogP contribution in [0.2, 0.25) is 5.15 Å². The number of carboxylic acids is 1. The first kappa shape index (κ1) is 16.0. The van der Waals surface area contributed by atoms with Crippen molar-refractivity contribution in [1.29, 1.82) is 0 Å². The average molecular weight is 327 g/mol. The van der Waals surface area contributed by atoms with Crippen molar-refractivity contribution in [3.8, 4) is 0 Å². The first-order chi connectivity index (χ1) is 10.4. The van der Waals surface area contributed by atoms with Crippen LogP contribution >= 0.6 is 11.6 Å². The molecule has 0 bridgehead atoms. The first-order valence-corrected chi connectivity index (χ1v) is 6.89. The zero-order valence-electron chi connectivity index (χ0n) is 11.5. The van der Waals surface area contributed by atoms with E-state index in [9.17, 15) is 9.59 Å². The molecule has 2 heterocycles. The minimum absolute atomic E-state index is 0.0531. The molecule has 1 aliphatic heterocycles. The van der Waals surface area contributed by atoms with Gasteiger partial charge in [-0.15, -0.1) is 0 Å². The highest BCUT2D eigenvalue weighted by atomic mass is 35.5. The Hall–Kier alpha value is -2.42. The summed E-state index contributed by atoms with van der Waals surface area (Å²) in [7, 11) is 0. The zero-order chi connectivity index (χ0) is 16.3. The molecule has 6 N–H and O–H groups in total. The molecule has 0 fully saturated rings. The third kappa shape index (κ3) is 3.82. The number of aromatic nitrogens is 2. The van der Waals surface area contributed by atoms with Gasteiger partial charge in [0.05, 0.1) is 0 Å². The predicted molar refractivity (Wildman–Crippen MR) is 80.6 cm³/mol. The maximum absolute atomic E-state index is 12.1. The minimum Gasteiger partial charge on any atom is -0.481 e. The Kier molecular flexibility index (Phi) is 4.76. The van der Waals surface area contributed by atoms with Crippen molar-refractivity contribution in [1.82, 2.24) is 15.3 Å². The van der Waals surface area contributed by atoms with E-state index in [1.54, 1.807) is 0 Å². The Labute approximate surface area is 130 Å². The number of rotatable bonds is 4. The molecule has 9 nitrogen and oxygen atoms in total. The number of carboxylic acid groups (broad SMARTS) is 1. The van der Waals surface area contributed by atoms with Crippen molar-refractivity contribution in [3.05, 3.63) is 10.8 Å². The summed E-state index contributed by atoms with van der Waals surface area (Å²) >= 11 is 5.72. The largest absolute Gasteiger partial charge is 0.481 e. The number of amides is 1. The molecule has 22 heavy (non-hydrogen) atoms. The highest BCUT2D eigenvalue weighted by molar-refractivity contribution is 6.31. The van der Waals surface area contributed by atoms with E-state index >= 15 is 0 Å². The quantitative estimate of drug-likeness (QED) is 0.619. The fourth-order valence-electron chi connectivity index (χ4n) is 2.05. The van der Waals surface area contributed by atoms with Gasteiger partial charge in [0.1, 0.15) is 5.84 Å². The van der Waals surface area contributed by atoms with Crippen LogP contribution in [0.5, 0.6) is 0 Å². The molecule has 1 aliphatic rings. The maximum atomic E-state index is 12.1. The van der Waals surface area contributed by atoms with E-state index in [4.69, 9.17) is 28.2 Å². The molecule has 1 aromatic heterocycles. The van der Waals surface area contributed by atoms with E-state index in [2.05, 4.69) is 20.3 Å². The number of carbonyl (C=O) groups is 2. The molecule has 1 atom stereocenters. The SMILES string of the molecule is Nc1nc(N)c(C(=O)NC2=NCC(CCC(=O)O)C2)nc1Cl. The van der Waals surface area contributed by atoms with Gasteiger partial charge in [-0.25, -0.2) is 9.97 Å².